The molecule has 5 heteroatoms. The van der Waals surface area contributed by atoms with E-state index in [-0.39, 0.29) is 0 Å². The second kappa shape index (κ2) is 9.93. The maximum atomic E-state index is 4.52. The summed E-state index contributed by atoms with van der Waals surface area (Å²) in [5.41, 5.74) is 1.46. The zero-order valence-electron chi connectivity index (χ0n) is 16.5. The number of nitrogens with zero attached hydrogens (tertiary/aromatic N) is 4. The van der Waals surface area contributed by atoms with Crippen molar-refractivity contribution in [3.63, 3.8) is 0 Å². The molecule has 1 unspecified atom stereocenters. The van der Waals surface area contributed by atoms with Gasteiger partial charge in [0.1, 0.15) is 0 Å². The topological polar surface area (TPSA) is 34.1 Å². The number of benzene rings is 1. The zero-order chi connectivity index (χ0) is 18.2. The van der Waals surface area contributed by atoms with E-state index in [2.05, 4.69) is 62.4 Å². The van der Waals surface area contributed by atoms with Crippen LogP contribution in [0.5, 0.6) is 0 Å². The Kier molecular flexibility index (Phi) is 7.32. The van der Waals surface area contributed by atoms with Crippen molar-refractivity contribution in [2.45, 2.75) is 25.2 Å². The molecule has 2 fully saturated rings. The third kappa shape index (κ3) is 5.45. The molecular formula is C21H35N5. The van der Waals surface area contributed by atoms with Crippen LogP contribution in [0.2, 0.25) is 0 Å². The van der Waals surface area contributed by atoms with Crippen molar-refractivity contribution in [3.05, 3.63) is 35.9 Å². The number of hydrogen-bond acceptors (Lipinski definition) is 3. The number of likely N-dealkylation sites (tertiary alicyclic amines) is 1. The molecule has 1 aromatic rings. The van der Waals surface area contributed by atoms with Crippen LogP contribution in [0.4, 0.5) is 0 Å². The Balaban J connectivity index is 1.38. The van der Waals surface area contributed by atoms with Gasteiger partial charge in [0.2, 0.25) is 0 Å². The maximum Gasteiger partial charge on any atom is 0.193 e. The highest BCUT2D eigenvalue weighted by Gasteiger charge is 2.25. The van der Waals surface area contributed by atoms with Gasteiger partial charge in [0, 0.05) is 45.7 Å². The van der Waals surface area contributed by atoms with Crippen LogP contribution >= 0.6 is 0 Å². The summed E-state index contributed by atoms with van der Waals surface area (Å²) in [6.45, 7) is 9.23. The minimum atomic E-state index is 0.629. The monoisotopic (exact) mass is 357 g/mol. The van der Waals surface area contributed by atoms with Crippen LogP contribution in [0.15, 0.2) is 35.3 Å². The van der Waals surface area contributed by atoms with E-state index in [0.29, 0.717) is 5.92 Å². The molecule has 2 aliphatic heterocycles. The number of nitrogens with one attached hydrogen (secondary N) is 1. The summed E-state index contributed by atoms with van der Waals surface area (Å²) >= 11 is 0. The van der Waals surface area contributed by atoms with Gasteiger partial charge in [-0.25, -0.2) is 0 Å². The Labute approximate surface area is 159 Å². The van der Waals surface area contributed by atoms with Crippen LogP contribution in [-0.2, 0) is 0 Å². The second-order valence-corrected chi connectivity index (χ2v) is 7.67. The van der Waals surface area contributed by atoms with Crippen LogP contribution in [0.3, 0.4) is 0 Å². The molecule has 2 aliphatic rings. The molecule has 0 spiro atoms. The molecule has 1 aromatic carbocycles. The van der Waals surface area contributed by atoms with Crippen molar-refractivity contribution in [1.29, 1.82) is 0 Å². The average molecular weight is 358 g/mol. The van der Waals surface area contributed by atoms with Crippen LogP contribution in [0.25, 0.3) is 0 Å². The highest BCUT2D eigenvalue weighted by Crippen LogP contribution is 2.26. The van der Waals surface area contributed by atoms with Gasteiger partial charge in [-0.2, -0.15) is 0 Å². The Morgan fingerprint density at radius 1 is 1.12 bits per heavy atom. The molecule has 1 N–H and O–H groups in total. The highest BCUT2D eigenvalue weighted by atomic mass is 15.3. The lowest BCUT2D eigenvalue weighted by Crippen LogP contribution is -2.41. The van der Waals surface area contributed by atoms with E-state index in [1.807, 2.05) is 7.05 Å². The third-order valence-corrected chi connectivity index (χ3v) is 5.72. The molecule has 0 amide bonds. The Morgan fingerprint density at radius 3 is 2.77 bits per heavy atom. The maximum absolute atomic E-state index is 4.52. The van der Waals surface area contributed by atoms with Gasteiger partial charge >= 0.3 is 0 Å². The first-order chi connectivity index (χ1) is 12.8. The summed E-state index contributed by atoms with van der Waals surface area (Å²) in [6.07, 6.45) is 3.69. The fourth-order valence-corrected chi connectivity index (χ4v) is 4.11. The van der Waals surface area contributed by atoms with Gasteiger partial charge in [0.05, 0.1) is 0 Å². The van der Waals surface area contributed by atoms with Crippen molar-refractivity contribution >= 4 is 5.96 Å². The number of rotatable bonds is 5. The standard InChI is InChI=1S/C21H35N5/c1-22-21(23-11-6-13-25-14-7-12-24(2)16-17-25)26-15-10-20(18-26)19-8-4-3-5-9-19/h3-5,8-9,20H,6-7,10-18H2,1-2H3,(H,22,23). The number of likely N-dealkylation sites (N-methyl/N-ethyl adjacent to an activating group) is 1. The van der Waals surface area contributed by atoms with E-state index < -0.39 is 0 Å². The summed E-state index contributed by atoms with van der Waals surface area (Å²) < 4.78 is 0. The van der Waals surface area contributed by atoms with Crippen LogP contribution in [0.1, 0.15) is 30.7 Å². The van der Waals surface area contributed by atoms with Crippen molar-refractivity contribution in [2.24, 2.45) is 4.99 Å². The normalized spacial score (nSPS) is 23.2. The van der Waals surface area contributed by atoms with Crippen molar-refractivity contribution in [1.82, 2.24) is 20.0 Å². The van der Waals surface area contributed by atoms with E-state index >= 15 is 0 Å². The predicted octanol–water partition coefficient (Wildman–Crippen LogP) is 2.08. The van der Waals surface area contributed by atoms with Crippen molar-refractivity contribution in [3.8, 4) is 0 Å². The SMILES string of the molecule is CN=C(NCCCN1CCCN(C)CC1)N1CCC(c2ccccc2)C1. The van der Waals surface area contributed by atoms with Crippen molar-refractivity contribution in [2.75, 3.05) is 66.5 Å². The van der Waals surface area contributed by atoms with E-state index in [0.717, 1.165) is 25.6 Å². The fourth-order valence-electron chi connectivity index (χ4n) is 4.11. The predicted molar refractivity (Wildman–Crippen MR) is 110 cm³/mol. The van der Waals surface area contributed by atoms with Crippen LogP contribution in [0, 0.1) is 0 Å². The number of aliphatic imine (C=N–C) groups is 1. The van der Waals surface area contributed by atoms with Crippen LogP contribution in [-0.4, -0.2) is 87.1 Å². The molecule has 1 atom stereocenters. The first-order valence-corrected chi connectivity index (χ1v) is 10.2. The molecule has 2 heterocycles. The summed E-state index contributed by atoms with van der Waals surface area (Å²) in [5.74, 6) is 1.70. The molecule has 0 saturated carbocycles. The van der Waals surface area contributed by atoms with E-state index in [1.54, 1.807) is 0 Å². The van der Waals surface area contributed by atoms with Gasteiger partial charge in [-0.05, 0) is 51.5 Å². The lowest BCUT2D eigenvalue weighted by Gasteiger charge is -2.23. The van der Waals surface area contributed by atoms with E-state index in [4.69, 9.17) is 0 Å². The van der Waals surface area contributed by atoms with Gasteiger partial charge in [-0.1, -0.05) is 30.3 Å². The molecule has 0 aliphatic carbocycles. The summed E-state index contributed by atoms with van der Waals surface area (Å²) in [5, 5.41) is 3.59. The number of guanidine groups is 1. The van der Waals surface area contributed by atoms with Gasteiger partial charge in [0.15, 0.2) is 5.96 Å². The fraction of sp³-hybridized carbons (Fsp3) is 0.667. The molecule has 2 saturated heterocycles. The quantitative estimate of drug-likeness (QED) is 0.497. The number of hydrogen-bond donors (Lipinski definition) is 1. The van der Waals surface area contributed by atoms with Crippen LogP contribution < -0.4 is 5.32 Å². The van der Waals surface area contributed by atoms with Gasteiger partial charge in [-0.15, -0.1) is 0 Å². The molecular weight excluding hydrogens is 322 g/mol. The second-order valence-electron chi connectivity index (χ2n) is 7.67. The minimum absolute atomic E-state index is 0.629. The van der Waals surface area contributed by atoms with Gasteiger partial charge < -0.3 is 20.0 Å². The average Bonchev–Trinajstić information content (AvgIpc) is 3.07. The van der Waals surface area contributed by atoms with Crippen molar-refractivity contribution < 1.29 is 0 Å². The lowest BCUT2D eigenvalue weighted by molar-refractivity contribution is 0.273. The Bertz CT molecular complexity index is 559. The Hall–Kier alpha value is -1.59. The van der Waals surface area contributed by atoms with E-state index in [9.17, 15) is 0 Å². The largest absolute Gasteiger partial charge is 0.356 e. The summed E-state index contributed by atoms with van der Waals surface area (Å²) in [6, 6.07) is 10.9. The van der Waals surface area contributed by atoms with Gasteiger partial charge in [0.25, 0.3) is 0 Å². The van der Waals surface area contributed by atoms with E-state index in [1.165, 1.54) is 57.5 Å². The summed E-state index contributed by atoms with van der Waals surface area (Å²) in [7, 11) is 4.14. The van der Waals surface area contributed by atoms with Gasteiger partial charge in [-0.3, -0.25) is 4.99 Å². The molecule has 144 valence electrons. The zero-order valence-corrected chi connectivity index (χ0v) is 16.5. The molecule has 0 bridgehead atoms. The first-order valence-electron chi connectivity index (χ1n) is 10.2. The molecule has 0 aromatic heterocycles. The molecule has 0 radical (unpaired) electrons. The smallest absolute Gasteiger partial charge is 0.193 e. The third-order valence-electron chi connectivity index (χ3n) is 5.72. The Morgan fingerprint density at radius 2 is 1.96 bits per heavy atom. The molecule has 5 nitrogen and oxygen atoms in total. The summed E-state index contributed by atoms with van der Waals surface area (Å²) in [4.78, 5) is 12.0. The first kappa shape index (κ1) is 19.2. The molecule has 3 rings (SSSR count). The lowest BCUT2D eigenvalue weighted by atomic mass is 9.99. The minimum Gasteiger partial charge on any atom is -0.356 e. The molecule has 26 heavy (non-hydrogen) atoms. The highest BCUT2D eigenvalue weighted by molar-refractivity contribution is 5.80.